The molecule has 23 heavy (non-hydrogen) atoms. The number of aliphatic hydroxyl groups is 2. The van der Waals surface area contributed by atoms with Gasteiger partial charge in [-0.05, 0) is 6.07 Å². The number of rotatable bonds is 5. The van der Waals surface area contributed by atoms with Crippen LogP contribution in [-0.4, -0.2) is 53.1 Å². The summed E-state index contributed by atoms with van der Waals surface area (Å²) in [5.74, 6) is -0.597. The lowest BCUT2D eigenvalue weighted by Crippen LogP contribution is -2.46. The second-order valence-electron chi connectivity index (χ2n) is 4.84. The van der Waals surface area contributed by atoms with Gasteiger partial charge < -0.3 is 34.0 Å². The lowest BCUT2D eigenvalue weighted by atomic mass is 10.1. The summed E-state index contributed by atoms with van der Waals surface area (Å²) in [4.78, 5) is 30.6. The second kappa shape index (κ2) is 7.02. The summed E-state index contributed by atoms with van der Waals surface area (Å²) in [5.41, 5.74) is 0.194. The molecule has 2 heterocycles. The van der Waals surface area contributed by atoms with Crippen molar-refractivity contribution >= 4 is 13.8 Å². The number of ether oxygens (including phenoxy) is 2. The maximum Gasteiger partial charge on any atom is 0.343 e. The molecule has 5 atom stereocenters. The maximum absolute atomic E-state index is 11.5. The number of phosphoric ester groups is 1. The zero-order chi connectivity index (χ0) is 17.2. The Morgan fingerprint density at radius 2 is 2.17 bits per heavy atom. The van der Waals surface area contributed by atoms with E-state index in [1.807, 2.05) is 0 Å². The lowest BCUT2D eigenvalue weighted by molar-refractivity contribution is -0.765. The molecule has 0 radical (unpaired) electrons. The van der Waals surface area contributed by atoms with Crippen LogP contribution in [0, 0.1) is 0 Å². The molecule has 1 fully saturated rings. The van der Waals surface area contributed by atoms with Crippen molar-refractivity contribution in [1.82, 2.24) is 0 Å². The summed E-state index contributed by atoms with van der Waals surface area (Å²) in [5, 5.41) is 19.9. The summed E-state index contributed by atoms with van der Waals surface area (Å²) in [6.07, 6.45) is -2.26. The third-order valence-corrected chi connectivity index (χ3v) is 3.75. The maximum atomic E-state index is 11.5. The molecule has 10 nitrogen and oxygen atoms in total. The molecule has 0 saturated carbocycles. The Hall–Kier alpha value is -1.39. The van der Waals surface area contributed by atoms with Gasteiger partial charge in [0, 0.05) is 6.07 Å². The number of nitrogens with zero attached hydrogens (tertiary/aromatic N) is 1. The van der Waals surface area contributed by atoms with Gasteiger partial charge >= 0.3 is 5.97 Å². The standard InChI is InChI=1S/C12H16NO9P/c1-20-12(16)7-3-2-4-13(5-7)11-10(15)9(14)8(22-11)6-21-23(17,18)19/h2-5,8-11,14-15H,6H2,1H3,(H-,17,18,19)/t8-,9+,10+,11-/m1/s1. The van der Waals surface area contributed by atoms with Crippen molar-refractivity contribution < 1.29 is 47.9 Å². The SMILES string of the molecule is COC(=O)c1ccc[n+]([C@@H]2O[C@H](COP(=O)([O-])O)[C@H](O)[C@@H]2O)c1. The molecular weight excluding hydrogens is 333 g/mol. The molecule has 0 aliphatic carbocycles. The van der Waals surface area contributed by atoms with Crippen molar-refractivity contribution in [3.63, 3.8) is 0 Å². The molecule has 3 N–H and O–H groups in total. The average molecular weight is 349 g/mol. The molecule has 0 amide bonds. The van der Waals surface area contributed by atoms with Crippen LogP contribution in [0.15, 0.2) is 24.5 Å². The minimum absolute atomic E-state index is 0.194. The number of aromatic nitrogens is 1. The van der Waals surface area contributed by atoms with E-state index in [1.165, 1.54) is 36.2 Å². The van der Waals surface area contributed by atoms with Gasteiger partial charge in [0.25, 0.3) is 14.1 Å². The van der Waals surface area contributed by atoms with E-state index in [2.05, 4.69) is 9.26 Å². The van der Waals surface area contributed by atoms with Crippen LogP contribution in [0.3, 0.4) is 0 Å². The fraction of sp³-hybridized carbons (Fsp3) is 0.500. The normalized spacial score (nSPS) is 30.0. The highest BCUT2D eigenvalue weighted by Crippen LogP contribution is 2.33. The number of hydrogen-bond acceptors (Lipinski definition) is 8. The molecule has 11 heteroatoms. The van der Waals surface area contributed by atoms with Crippen molar-refractivity contribution in [3.8, 4) is 0 Å². The van der Waals surface area contributed by atoms with Crippen LogP contribution in [-0.2, 0) is 18.6 Å². The van der Waals surface area contributed by atoms with Gasteiger partial charge in [-0.1, -0.05) is 0 Å². The van der Waals surface area contributed by atoms with Crippen molar-refractivity contribution in [3.05, 3.63) is 30.1 Å². The smallest absolute Gasteiger partial charge is 0.343 e. The summed E-state index contributed by atoms with van der Waals surface area (Å²) in [6, 6.07) is 3.00. The topological polar surface area (TPSA) is 149 Å². The van der Waals surface area contributed by atoms with Gasteiger partial charge in [0.2, 0.25) is 0 Å². The molecule has 1 unspecified atom stereocenters. The summed E-state index contributed by atoms with van der Waals surface area (Å²) in [6.45, 7) is -0.663. The molecule has 0 spiro atoms. The Balaban J connectivity index is 2.14. The summed E-state index contributed by atoms with van der Waals surface area (Å²) in [7, 11) is -3.76. The third kappa shape index (κ3) is 4.33. The number of esters is 1. The van der Waals surface area contributed by atoms with Crippen molar-refractivity contribution in [2.45, 2.75) is 24.5 Å². The van der Waals surface area contributed by atoms with Crippen LogP contribution in [0.25, 0.3) is 0 Å². The Bertz CT molecular complexity index is 618. The Morgan fingerprint density at radius 1 is 1.48 bits per heavy atom. The van der Waals surface area contributed by atoms with Crippen LogP contribution in [0.5, 0.6) is 0 Å². The summed E-state index contributed by atoms with van der Waals surface area (Å²) >= 11 is 0. The molecule has 0 bridgehead atoms. The van der Waals surface area contributed by atoms with Crippen LogP contribution in [0.2, 0.25) is 0 Å². The minimum Gasteiger partial charge on any atom is -0.756 e. The number of methoxy groups -OCH3 is 1. The number of carbonyl (C=O) groups is 1. The minimum atomic E-state index is -4.97. The lowest BCUT2D eigenvalue weighted by Gasteiger charge is -2.19. The number of carbonyl (C=O) groups excluding carboxylic acids is 1. The first-order chi connectivity index (χ1) is 10.7. The van der Waals surface area contributed by atoms with E-state index in [-0.39, 0.29) is 5.56 Å². The number of pyridine rings is 1. The van der Waals surface area contributed by atoms with E-state index in [0.29, 0.717) is 0 Å². The quantitative estimate of drug-likeness (QED) is 0.307. The van der Waals surface area contributed by atoms with Gasteiger partial charge in [-0.2, -0.15) is 4.57 Å². The summed E-state index contributed by atoms with van der Waals surface area (Å²) < 4.78 is 26.0. The highest BCUT2D eigenvalue weighted by atomic mass is 31.2. The molecule has 2 rings (SSSR count). The first-order valence-corrected chi connectivity index (χ1v) is 8.01. The predicted octanol–water partition coefficient (Wildman–Crippen LogP) is -2.14. The molecular formula is C12H16NO9P. The highest BCUT2D eigenvalue weighted by molar-refractivity contribution is 7.44. The molecule has 1 aliphatic rings. The largest absolute Gasteiger partial charge is 0.756 e. The van der Waals surface area contributed by atoms with Crippen LogP contribution >= 0.6 is 7.82 Å². The molecule has 1 saturated heterocycles. The first-order valence-electron chi connectivity index (χ1n) is 6.52. The number of hydrogen-bond donors (Lipinski definition) is 3. The first kappa shape index (κ1) is 18.0. The monoisotopic (exact) mass is 349 g/mol. The van der Waals surface area contributed by atoms with E-state index in [0.717, 1.165) is 0 Å². The molecule has 1 aromatic rings. The van der Waals surface area contributed by atoms with Crippen molar-refractivity contribution in [1.29, 1.82) is 0 Å². The van der Waals surface area contributed by atoms with E-state index < -0.39 is 44.9 Å². The average Bonchev–Trinajstić information content (AvgIpc) is 2.79. The van der Waals surface area contributed by atoms with Crippen LogP contribution in [0.1, 0.15) is 16.6 Å². The van der Waals surface area contributed by atoms with Crippen LogP contribution in [0.4, 0.5) is 0 Å². The highest BCUT2D eigenvalue weighted by Gasteiger charge is 2.48. The van der Waals surface area contributed by atoms with E-state index >= 15 is 0 Å². The fourth-order valence-corrected chi connectivity index (χ4v) is 2.51. The fourth-order valence-electron chi connectivity index (χ4n) is 2.17. The van der Waals surface area contributed by atoms with E-state index in [9.17, 15) is 24.5 Å². The molecule has 128 valence electrons. The predicted molar refractivity (Wildman–Crippen MR) is 69.7 cm³/mol. The van der Waals surface area contributed by atoms with E-state index in [1.54, 1.807) is 0 Å². The Morgan fingerprint density at radius 3 is 2.78 bits per heavy atom. The van der Waals surface area contributed by atoms with Crippen molar-refractivity contribution in [2.75, 3.05) is 13.7 Å². The van der Waals surface area contributed by atoms with Gasteiger partial charge in [0.05, 0.1) is 13.7 Å². The van der Waals surface area contributed by atoms with Gasteiger partial charge in [0.15, 0.2) is 18.5 Å². The third-order valence-electron chi connectivity index (χ3n) is 3.28. The van der Waals surface area contributed by atoms with Gasteiger partial charge in [-0.15, -0.1) is 0 Å². The second-order valence-corrected chi connectivity index (χ2v) is 6.04. The number of aliphatic hydroxyl groups excluding tert-OH is 2. The zero-order valence-electron chi connectivity index (χ0n) is 12.0. The van der Waals surface area contributed by atoms with Gasteiger partial charge in [0.1, 0.15) is 17.8 Å². The Kier molecular flexibility index (Phi) is 5.48. The zero-order valence-corrected chi connectivity index (χ0v) is 12.9. The van der Waals surface area contributed by atoms with Crippen LogP contribution < -0.4 is 9.46 Å². The molecule has 1 aliphatic heterocycles. The molecule has 0 aromatic carbocycles. The Labute approximate surface area is 131 Å². The van der Waals surface area contributed by atoms with Gasteiger partial charge in [-0.25, -0.2) is 4.79 Å². The van der Waals surface area contributed by atoms with Crippen molar-refractivity contribution in [2.24, 2.45) is 0 Å². The van der Waals surface area contributed by atoms with E-state index in [4.69, 9.17) is 9.63 Å². The van der Waals surface area contributed by atoms with Gasteiger partial charge in [-0.3, -0.25) is 4.57 Å². The molecule has 1 aromatic heterocycles. The number of phosphoric acid groups is 1.